The molecule has 128 valence electrons. The van der Waals surface area contributed by atoms with Crippen molar-refractivity contribution in [2.45, 2.75) is 6.54 Å². The molecule has 2 N–H and O–H groups in total. The summed E-state index contributed by atoms with van der Waals surface area (Å²) in [4.78, 5) is 24.9. The van der Waals surface area contributed by atoms with E-state index in [0.717, 1.165) is 5.56 Å². The second-order valence-electron chi connectivity index (χ2n) is 5.50. The molecule has 0 fully saturated rings. The normalized spacial score (nSPS) is 9.96. The molecule has 5 nitrogen and oxygen atoms in total. The van der Waals surface area contributed by atoms with Gasteiger partial charge in [-0.15, -0.1) is 11.3 Å². The van der Waals surface area contributed by atoms with Gasteiger partial charge in [-0.05, 0) is 47.3 Å². The van der Waals surface area contributed by atoms with Crippen molar-refractivity contribution in [3.05, 3.63) is 87.6 Å². The largest absolute Gasteiger partial charge is 0.347 e. The van der Waals surface area contributed by atoms with Crippen LogP contribution >= 0.6 is 11.3 Å². The summed E-state index contributed by atoms with van der Waals surface area (Å²) in [6.07, 6.45) is 0. The molecule has 26 heavy (non-hydrogen) atoms. The van der Waals surface area contributed by atoms with Crippen molar-refractivity contribution < 1.29 is 9.59 Å². The molecule has 0 aliphatic carbocycles. The summed E-state index contributed by atoms with van der Waals surface area (Å²) >= 11 is 1.39. The highest BCUT2D eigenvalue weighted by Crippen LogP contribution is 2.13. The van der Waals surface area contributed by atoms with Gasteiger partial charge in [-0.3, -0.25) is 9.59 Å². The van der Waals surface area contributed by atoms with Gasteiger partial charge in [0.05, 0.1) is 16.5 Å². The third-order valence-corrected chi connectivity index (χ3v) is 4.53. The molecule has 0 aliphatic heterocycles. The Morgan fingerprint density at radius 3 is 2.50 bits per heavy atom. The maximum absolute atomic E-state index is 12.3. The number of hydrogen-bond donors (Lipinski definition) is 2. The first-order chi connectivity index (χ1) is 12.7. The van der Waals surface area contributed by atoms with E-state index < -0.39 is 0 Å². The summed E-state index contributed by atoms with van der Waals surface area (Å²) in [6.45, 7) is 0.392. The summed E-state index contributed by atoms with van der Waals surface area (Å²) in [6, 6.07) is 19.4. The molecule has 0 spiro atoms. The van der Waals surface area contributed by atoms with Crippen molar-refractivity contribution in [2.24, 2.45) is 0 Å². The standard InChI is InChI=1S/C20H15N3O2S/c21-12-15-3-1-4-17(11-15)23-19(24)16-8-6-14(7-9-16)13-22-20(25)18-5-2-10-26-18/h1-11H,13H2,(H,22,25)(H,23,24). The van der Waals surface area contributed by atoms with Crippen LogP contribution in [0.1, 0.15) is 31.2 Å². The number of rotatable bonds is 5. The molecule has 0 saturated carbocycles. The first-order valence-electron chi connectivity index (χ1n) is 7.88. The maximum atomic E-state index is 12.3. The molecule has 0 atom stereocenters. The zero-order chi connectivity index (χ0) is 18.4. The van der Waals surface area contributed by atoms with Crippen molar-refractivity contribution in [1.82, 2.24) is 5.32 Å². The summed E-state index contributed by atoms with van der Waals surface area (Å²) in [5, 5.41) is 16.4. The minimum absolute atomic E-state index is 0.112. The molecule has 3 rings (SSSR count). The minimum atomic E-state index is -0.255. The van der Waals surface area contributed by atoms with E-state index in [0.29, 0.717) is 28.2 Å². The highest BCUT2D eigenvalue weighted by molar-refractivity contribution is 7.12. The average Bonchev–Trinajstić information content (AvgIpc) is 3.21. The smallest absolute Gasteiger partial charge is 0.261 e. The molecule has 2 amide bonds. The zero-order valence-electron chi connectivity index (χ0n) is 13.7. The van der Waals surface area contributed by atoms with Crippen LogP contribution < -0.4 is 10.6 Å². The molecule has 0 saturated heterocycles. The van der Waals surface area contributed by atoms with Gasteiger partial charge in [0.2, 0.25) is 0 Å². The molecule has 6 heteroatoms. The maximum Gasteiger partial charge on any atom is 0.261 e. The van der Waals surface area contributed by atoms with Crippen molar-refractivity contribution in [2.75, 3.05) is 5.32 Å². The Morgan fingerprint density at radius 1 is 1.00 bits per heavy atom. The average molecular weight is 361 g/mol. The number of carbonyl (C=O) groups is 2. The molecule has 0 aliphatic rings. The number of nitrogens with one attached hydrogen (secondary N) is 2. The first kappa shape index (κ1) is 17.4. The van der Waals surface area contributed by atoms with E-state index in [-0.39, 0.29) is 11.8 Å². The first-order valence-corrected chi connectivity index (χ1v) is 8.76. The monoisotopic (exact) mass is 361 g/mol. The van der Waals surface area contributed by atoms with Gasteiger partial charge in [-0.2, -0.15) is 5.26 Å². The van der Waals surface area contributed by atoms with E-state index in [2.05, 4.69) is 10.6 Å². The van der Waals surface area contributed by atoms with Gasteiger partial charge >= 0.3 is 0 Å². The van der Waals surface area contributed by atoms with Crippen LogP contribution in [0.15, 0.2) is 66.0 Å². The highest BCUT2D eigenvalue weighted by atomic mass is 32.1. The third kappa shape index (κ3) is 4.35. The van der Waals surface area contributed by atoms with Crippen LogP contribution in [-0.2, 0) is 6.54 Å². The van der Waals surface area contributed by atoms with Gasteiger partial charge in [0.25, 0.3) is 11.8 Å². The number of thiophene rings is 1. The van der Waals surface area contributed by atoms with E-state index in [1.165, 1.54) is 11.3 Å². The molecular formula is C20H15N3O2S. The number of anilines is 1. The van der Waals surface area contributed by atoms with Crippen LogP contribution in [0.5, 0.6) is 0 Å². The van der Waals surface area contributed by atoms with Gasteiger partial charge in [-0.25, -0.2) is 0 Å². The molecule has 3 aromatic rings. The SMILES string of the molecule is N#Cc1cccc(NC(=O)c2ccc(CNC(=O)c3cccs3)cc2)c1. The second-order valence-corrected chi connectivity index (χ2v) is 6.45. The van der Waals surface area contributed by atoms with E-state index in [1.54, 1.807) is 54.6 Å². The van der Waals surface area contributed by atoms with Crippen molar-refractivity contribution in [3.63, 3.8) is 0 Å². The fraction of sp³-hybridized carbons (Fsp3) is 0.0500. The minimum Gasteiger partial charge on any atom is -0.347 e. The van der Waals surface area contributed by atoms with Gasteiger partial charge in [-0.1, -0.05) is 24.3 Å². The van der Waals surface area contributed by atoms with Crippen LogP contribution in [0.4, 0.5) is 5.69 Å². The lowest BCUT2D eigenvalue weighted by atomic mass is 10.1. The molecule has 0 bridgehead atoms. The molecule has 0 unspecified atom stereocenters. The fourth-order valence-corrected chi connectivity index (χ4v) is 2.96. The number of amides is 2. The lowest BCUT2D eigenvalue weighted by Gasteiger charge is -2.07. The van der Waals surface area contributed by atoms with Crippen LogP contribution in [-0.4, -0.2) is 11.8 Å². The molecule has 2 aromatic carbocycles. The lowest BCUT2D eigenvalue weighted by molar-refractivity contribution is 0.0953. The van der Waals surface area contributed by atoms with E-state index >= 15 is 0 Å². The summed E-state index contributed by atoms with van der Waals surface area (Å²) < 4.78 is 0. The summed E-state index contributed by atoms with van der Waals surface area (Å²) in [5.74, 6) is -0.367. The van der Waals surface area contributed by atoms with Gasteiger partial charge in [0, 0.05) is 17.8 Å². The van der Waals surface area contributed by atoms with Gasteiger partial charge in [0.1, 0.15) is 0 Å². The van der Waals surface area contributed by atoms with E-state index in [9.17, 15) is 9.59 Å². The van der Waals surface area contributed by atoms with E-state index in [4.69, 9.17) is 5.26 Å². The number of benzene rings is 2. The molecule has 1 aromatic heterocycles. The van der Waals surface area contributed by atoms with Gasteiger partial charge < -0.3 is 10.6 Å². The lowest BCUT2D eigenvalue weighted by Crippen LogP contribution is -2.21. The Labute approximate surface area is 154 Å². The van der Waals surface area contributed by atoms with Crippen molar-refractivity contribution in [1.29, 1.82) is 5.26 Å². The van der Waals surface area contributed by atoms with Crippen LogP contribution in [0, 0.1) is 11.3 Å². The third-order valence-electron chi connectivity index (χ3n) is 3.66. The predicted molar refractivity (Wildman–Crippen MR) is 101 cm³/mol. The Balaban J connectivity index is 1.59. The van der Waals surface area contributed by atoms with Crippen molar-refractivity contribution in [3.8, 4) is 6.07 Å². The Kier molecular flexibility index (Phi) is 5.42. The second kappa shape index (κ2) is 8.10. The predicted octanol–water partition coefficient (Wildman–Crippen LogP) is 3.80. The van der Waals surface area contributed by atoms with Crippen LogP contribution in [0.2, 0.25) is 0 Å². The van der Waals surface area contributed by atoms with Crippen LogP contribution in [0.3, 0.4) is 0 Å². The topological polar surface area (TPSA) is 82.0 Å². The Hall–Kier alpha value is -3.43. The number of nitriles is 1. The summed E-state index contributed by atoms with van der Waals surface area (Å²) in [5.41, 5.74) is 2.46. The molecule has 1 heterocycles. The van der Waals surface area contributed by atoms with Gasteiger partial charge in [0.15, 0.2) is 0 Å². The summed E-state index contributed by atoms with van der Waals surface area (Å²) in [7, 11) is 0. The quantitative estimate of drug-likeness (QED) is 0.725. The zero-order valence-corrected chi connectivity index (χ0v) is 14.5. The fourth-order valence-electron chi connectivity index (χ4n) is 2.32. The van der Waals surface area contributed by atoms with E-state index in [1.807, 2.05) is 17.5 Å². The Morgan fingerprint density at radius 2 is 1.81 bits per heavy atom. The van der Waals surface area contributed by atoms with Crippen LogP contribution in [0.25, 0.3) is 0 Å². The highest BCUT2D eigenvalue weighted by Gasteiger charge is 2.08. The number of nitrogens with zero attached hydrogens (tertiary/aromatic N) is 1. The number of carbonyl (C=O) groups excluding carboxylic acids is 2. The number of hydrogen-bond acceptors (Lipinski definition) is 4. The molecular weight excluding hydrogens is 346 g/mol. The van der Waals surface area contributed by atoms with Crippen molar-refractivity contribution >= 4 is 28.8 Å². The molecule has 0 radical (unpaired) electrons. The Bertz CT molecular complexity index is 957.